The average molecular weight is 411 g/mol. The van der Waals surface area contributed by atoms with E-state index in [1.165, 1.54) is 11.3 Å². The van der Waals surface area contributed by atoms with Crippen LogP contribution in [0.4, 0.5) is 0 Å². The van der Waals surface area contributed by atoms with Crippen molar-refractivity contribution in [2.75, 3.05) is 39.3 Å². The van der Waals surface area contributed by atoms with Gasteiger partial charge in [-0.2, -0.15) is 5.10 Å². The van der Waals surface area contributed by atoms with Crippen LogP contribution in [0.1, 0.15) is 15.4 Å². The fraction of sp³-hybridized carbons (Fsp3) is 0.438. The SMILES string of the molecule is Cc1ccc(OCCN2CCN(C(=O)c3cc(Br)cs3)CC2)nn1. The molecule has 1 aliphatic rings. The molecule has 0 bridgehead atoms. The van der Waals surface area contributed by atoms with Gasteiger partial charge in [0, 0.05) is 48.6 Å². The zero-order valence-corrected chi connectivity index (χ0v) is 15.8. The molecule has 6 nitrogen and oxygen atoms in total. The highest BCUT2D eigenvalue weighted by atomic mass is 79.9. The quantitative estimate of drug-likeness (QED) is 0.757. The Hall–Kier alpha value is -1.51. The van der Waals surface area contributed by atoms with E-state index < -0.39 is 0 Å². The second-order valence-electron chi connectivity index (χ2n) is 5.62. The lowest BCUT2D eigenvalue weighted by atomic mass is 10.3. The Morgan fingerprint density at radius 2 is 2.08 bits per heavy atom. The van der Waals surface area contributed by atoms with Gasteiger partial charge in [0.05, 0.1) is 10.6 Å². The number of hydrogen-bond donors (Lipinski definition) is 0. The van der Waals surface area contributed by atoms with Crippen LogP contribution in [0.15, 0.2) is 28.1 Å². The van der Waals surface area contributed by atoms with E-state index in [1.807, 2.05) is 35.4 Å². The van der Waals surface area contributed by atoms with Gasteiger partial charge in [-0.25, -0.2) is 0 Å². The minimum atomic E-state index is 0.122. The molecule has 1 amide bonds. The van der Waals surface area contributed by atoms with E-state index in [1.54, 1.807) is 0 Å². The van der Waals surface area contributed by atoms with Crippen molar-refractivity contribution in [2.45, 2.75) is 6.92 Å². The number of aryl methyl sites for hydroxylation is 1. The van der Waals surface area contributed by atoms with Crippen molar-refractivity contribution in [3.05, 3.63) is 38.6 Å². The normalized spacial score (nSPS) is 15.5. The lowest BCUT2D eigenvalue weighted by Crippen LogP contribution is -2.49. The smallest absolute Gasteiger partial charge is 0.264 e. The van der Waals surface area contributed by atoms with Crippen molar-refractivity contribution in [3.8, 4) is 5.88 Å². The number of carbonyl (C=O) groups excluding carboxylic acids is 1. The number of aromatic nitrogens is 2. The number of amides is 1. The van der Waals surface area contributed by atoms with Crippen molar-refractivity contribution >= 4 is 33.2 Å². The summed E-state index contributed by atoms with van der Waals surface area (Å²) < 4.78 is 6.57. The Morgan fingerprint density at radius 1 is 1.29 bits per heavy atom. The lowest BCUT2D eigenvalue weighted by molar-refractivity contribution is 0.0624. The zero-order valence-electron chi connectivity index (χ0n) is 13.4. The van der Waals surface area contributed by atoms with Crippen molar-refractivity contribution in [2.24, 2.45) is 0 Å². The standard InChI is InChI=1S/C16H19BrN4O2S/c1-12-2-3-15(19-18-12)23-9-8-20-4-6-21(7-5-20)16(22)14-10-13(17)11-24-14/h2-3,10-11H,4-9H2,1H3. The van der Waals surface area contributed by atoms with Crippen molar-refractivity contribution < 1.29 is 9.53 Å². The maximum absolute atomic E-state index is 12.4. The van der Waals surface area contributed by atoms with Crippen LogP contribution in [-0.4, -0.2) is 65.2 Å². The Morgan fingerprint density at radius 3 is 2.71 bits per heavy atom. The fourth-order valence-electron chi connectivity index (χ4n) is 2.50. The molecule has 3 rings (SSSR count). The van der Waals surface area contributed by atoms with Crippen LogP contribution in [0, 0.1) is 6.92 Å². The van der Waals surface area contributed by atoms with Crippen LogP contribution in [0.3, 0.4) is 0 Å². The predicted molar refractivity (Wildman–Crippen MR) is 96.6 cm³/mol. The second kappa shape index (κ2) is 8.04. The minimum absolute atomic E-state index is 0.122. The summed E-state index contributed by atoms with van der Waals surface area (Å²) in [5, 5.41) is 9.89. The van der Waals surface area contributed by atoms with Crippen LogP contribution in [0.25, 0.3) is 0 Å². The molecule has 8 heteroatoms. The highest BCUT2D eigenvalue weighted by Crippen LogP contribution is 2.21. The van der Waals surface area contributed by atoms with E-state index in [0.29, 0.717) is 12.5 Å². The lowest BCUT2D eigenvalue weighted by Gasteiger charge is -2.34. The molecule has 128 valence electrons. The first-order chi connectivity index (χ1) is 11.6. The zero-order chi connectivity index (χ0) is 16.9. The molecule has 0 aliphatic carbocycles. The van der Waals surface area contributed by atoms with Crippen molar-refractivity contribution in [1.82, 2.24) is 20.0 Å². The molecule has 0 aromatic carbocycles. The molecule has 2 aromatic rings. The van der Waals surface area contributed by atoms with Crippen LogP contribution in [0.2, 0.25) is 0 Å². The van der Waals surface area contributed by atoms with Gasteiger partial charge in [-0.1, -0.05) is 0 Å². The topological polar surface area (TPSA) is 58.6 Å². The Kier molecular flexibility index (Phi) is 5.80. The molecule has 0 N–H and O–H groups in total. The molecule has 0 saturated carbocycles. The largest absolute Gasteiger partial charge is 0.475 e. The summed E-state index contributed by atoms with van der Waals surface area (Å²) in [6.07, 6.45) is 0. The van der Waals surface area contributed by atoms with E-state index >= 15 is 0 Å². The van der Waals surface area contributed by atoms with Gasteiger partial charge in [-0.3, -0.25) is 9.69 Å². The van der Waals surface area contributed by atoms with Gasteiger partial charge >= 0.3 is 0 Å². The first-order valence-corrected chi connectivity index (χ1v) is 9.48. The van der Waals surface area contributed by atoms with Crippen LogP contribution < -0.4 is 4.74 Å². The average Bonchev–Trinajstić information content (AvgIpc) is 3.03. The van der Waals surface area contributed by atoms with Gasteiger partial charge in [-0.15, -0.1) is 16.4 Å². The van der Waals surface area contributed by atoms with Gasteiger partial charge in [0.2, 0.25) is 5.88 Å². The van der Waals surface area contributed by atoms with Gasteiger partial charge < -0.3 is 9.64 Å². The van der Waals surface area contributed by atoms with Crippen molar-refractivity contribution in [1.29, 1.82) is 0 Å². The first kappa shape index (κ1) is 17.3. The number of piperazine rings is 1. The third-order valence-corrected chi connectivity index (χ3v) is 5.55. The molecule has 3 heterocycles. The number of ether oxygens (including phenoxy) is 1. The number of hydrogen-bond acceptors (Lipinski definition) is 6. The Balaban J connectivity index is 1.40. The van der Waals surface area contributed by atoms with Crippen LogP contribution in [0.5, 0.6) is 5.88 Å². The van der Waals surface area contributed by atoms with Gasteiger partial charge in [-0.05, 0) is 35.0 Å². The number of thiophene rings is 1. The van der Waals surface area contributed by atoms with Crippen LogP contribution in [-0.2, 0) is 0 Å². The molecular weight excluding hydrogens is 392 g/mol. The predicted octanol–water partition coefficient (Wildman–Crippen LogP) is 2.45. The number of halogens is 1. The number of rotatable bonds is 5. The Labute approximate surface area is 153 Å². The molecule has 0 unspecified atom stereocenters. The van der Waals surface area contributed by atoms with E-state index in [4.69, 9.17) is 4.74 Å². The molecule has 0 radical (unpaired) electrons. The third kappa shape index (κ3) is 4.52. The minimum Gasteiger partial charge on any atom is -0.475 e. The Bertz CT molecular complexity index is 684. The summed E-state index contributed by atoms with van der Waals surface area (Å²) in [5.74, 6) is 0.675. The molecule has 0 spiro atoms. The van der Waals surface area contributed by atoms with E-state index in [2.05, 4.69) is 31.0 Å². The van der Waals surface area contributed by atoms with Gasteiger partial charge in [0.1, 0.15) is 6.61 Å². The highest BCUT2D eigenvalue weighted by Gasteiger charge is 2.22. The summed E-state index contributed by atoms with van der Waals surface area (Å²) in [6, 6.07) is 5.60. The molecular formula is C16H19BrN4O2S. The molecule has 1 aliphatic heterocycles. The van der Waals surface area contributed by atoms with Crippen molar-refractivity contribution in [3.63, 3.8) is 0 Å². The van der Waals surface area contributed by atoms with E-state index in [9.17, 15) is 4.79 Å². The molecule has 1 saturated heterocycles. The van der Waals surface area contributed by atoms with E-state index in [-0.39, 0.29) is 5.91 Å². The van der Waals surface area contributed by atoms with Gasteiger partial charge in [0.25, 0.3) is 5.91 Å². The van der Waals surface area contributed by atoms with E-state index in [0.717, 1.165) is 47.8 Å². The summed E-state index contributed by atoms with van der Waals surface area (Å²) in [7, 11) is 0. The molecule has 2 aromatic heterocycles. The second-order valence-corrected chi connectivity index (χ2v) is 7.45. The summed E-state index contributed by atoms with van der Waals surface area (Å²) in [4.78, 5) is 17.4. The third-order valence-electron chi connectivity index (χ3n) is 3.87. The monoisotopic (exact) mass is 410 g/mol. The first-order valence-electron chi connectivity index (χ1n) is 7.80. The van der Waals surface area contributed by atoms with Gasteiger partial charge in [0.15, 0.2) is 0 Å². The number of carbonyl (C=O) groups is 1. The molecule has 24 heavy (non-hydrogen) atoms. The summed E-state index contributed by atoms with van der Waals surface area (Å²) in [5.41, 5.74) is 0.876. The maximum atomic E-state index is 12.4. The molecule has 1 fully saturated rings. The fourth-order valence-corrected chi connectivity index (χ4v) is 3.89. The maximum Gasteiger partial charge on any atom is 0.264 e. The number of nitrogens with zero attached hydrogens (tertiary/aromatic N) is 4. The molecule has 0 atom stereocenters. The summed E-state index contributed by atoms with van der Waals surface area (Å²) in [6.45, 7) is 6.51. The van der Waals surface area contributed by atoms with Crippen LogP contribution >= 0.6 is 27.3 Å². The highest BCUT2D eigenvalue weighted by molar-refractivity contribution is 9.10. The summed E-state index contributed by atoms with van der Waals surface area (Å²) >= 11 is 4.87.